The highest BCUT2D eigenvalue weighted by atomic mass is 16.5. The number of nitrogens with zero attached hydrogens (tertiary/aromatic N) is 3. The van der Waals surface area contributed by atoms with Crippen molar-refractivity contribution in [3.63, 3.8) is 0 Å². The molecule has 2 aromatic carbocycles. The first-order chi connectivity index (χ1) is 13.8. The fourth-order valence-corrected chi connectivity index (χ4v) is 3.33. The van der Waals surface area contributed by atoms with Crippen LogP contribution in [0.4, 0.5) is 5.69 Å². The van der Waals surface area contributed by atoms with Gasteiger partial charge in [-0.25, -0.2) is 0 Å². The van der Waals surface area contributed by atoms with Crippen LogP contribution < -0.4 is 9.64 Å². The summed E-state index contributed by atoms with van der Waals surface area (Å²) in [6.07, 6.45) is 3.60. The number of benzene rings is 2. The quantitative estimate of drug-likeness (QED) is 0.685. The number of rotatable bonds is 5. The zero-order valence-corrected chi connectivity index (χ0v) is 15.7. The van der Waals surface area contributed by atoms with Crippen LogP contribution in [0.15, 0.2) is 79.1 Å². The summed E-state index contributed by atoms with van der Waals surface area (Å²) >= 11 is 0. The lowest BCUT2D eigenvalue weighted by molar-refractivity contribution is 0.0746. The maximum absolute atomic E-state index is 12.8. The van der Waals surface area contributed by atoms with Gasteiger partial charge in [-0.3, -0.25) is 9.78 Å². The van der Waals surface area contributed by atoms with Crippen LogP contribution in [0, 0.1) is 0 Å². The molecule has 3 aromatic rings. The van der Waals surface area contributed by atoms with Gasteiger partial charge in [0.2, 0.25) is 0 Å². The van der Waals surface area contributed by atoms with E-state index in [0.717, 1.165) is 48.7 Å². The lowest BCUT2D eigenvalue weighted by Crippen LogP contribution is -2.48. The van der Waals surface area contributed by atoms with E-state index in [0.29, 0.717) is 6.61 Å². The Bertz CT molecular complexity index is 890. The first-order valence-electron chi connectivity index (χ1n) is 9.51. The summed E-state index contributed by atoms with van der Waals surface area (Å²) in [6, 6.07) is 21.4. The van der Waals surface area contributed by atoms with E-state index in [-0.39, 0.29) is 5.91 Å². The van der Waals surface area contributed by atoms with Crippen molar-refractivity contribution in [1.82, 2.24) is 9.88 Å². The van der Waals surface area contributed by atoms with Crippen molar-refractivity contribution in [2.24, 2.45) is 0 Å². The minimum absolute atomic E-state index is 0.0879. The normalized spacial score (nSPS) is 14.0. The van der Waals surface area contributed by atoms with Gasteiger partial charge in [-0.2, -0.15) is 0 Å². The number of amides is 1. The number of hydrogen-bond acceptors (Lipinski definition) is 4. The molecule has 0 radical (unpaired) electrons. The third kappa shape index (κ3) is 4.31. The minimum Gasteiger partial charge on any atom is -0.489 e. The van der Waals surface area contributed by atoms with E-state index < -0.39 is 0 Å². The highest BCUT2D eigenvalue weighted by Gasteiger charge is 2.22. The number of carbonyl (C=O) groups excluding carboxylic acids is 1. The van der Waals surface area contributed by atoms with Gasteiger partial charge in [0.25, 0.3) is 5.91 Å². The van der Waals surface area contributed by atoms with Crippen molar-refractivity contribution in [2.45, 2.75) is 6.61 Å². The average molecular weight is 373 g/mol. The van der Waals surface area contributed by atoms with Crippen LogP contribution in [0.1, 0.15) is 15.9 Å². The molecule has 28 heavy (non-hydrogen) atoms. The molecule has 5 nitrogen and oxygen atoms in total. The summed E-state index contributed by atoms with van der Waals surface area (Å²) in [5.41, 5.74) is 2.92. The lowest BCUT2D eigenvalue weighted by atomic mass is 10.1. The van der Waals surface area contributed by atoms with Crippen molar-refractivity contribution in [3.8, 4) is 5.75 Å². The molecule has 0 aliphatic carbocycles. The van der Waals surface area contributed by atoms with Crippen molar-refractivity contribution in [2.75, 3.05) is 31.1 Å². The summed E-state index contributed by atoms with van der Waals surface area (Å²) in [5, 5.41) is 0. The number of hydrogen-bond donors (Lipinski definition) is 0. The van der Waals surface area contributed by atoms with Crippen LogP contribution in [0.3, 0.4) is 0 Å². The van der Waals surface area contributed by atoms with Crippen molar-refractivity contribution in [3.05, 3.63) is 90.3 Å². The second-order valence-corrected chi connectivity index (χ2v) is 6.78. The van der Waals surface area contributed by atoms with Gasteiger partial charge in [-0.1, -0.05) is 30.3 Å². The topological polar surface area (TPSA) is 45.7 Å². The largest absolute Gasteiger partial charge is 0.489 e. The standard InChI is InChI=1S/C23H23N3O2/c27-23(26-16-14-25(15-17-26)21-10-12-24-13-11-21)20-8-6-19(7-9-20)18-28-22-4-2-1-3-5-22/h1-13H,14-18H2. The van der Waals surface area contributed by atoms with Crippen LogP contribution in [0.25, 0.3) is 0 Å². The molecule has 1 fully saturated rings. The summed E-state index contributed by atoms with van der Waals surface area (Å²) in [6.45, 7) is 3.60. The van der Waals surface area contributed by atoms with Crippen LogP contribution in [-0.2, 0) is 6.61 Å². The zero-order valence-electron chi connectivity index (χ0n) is 15.7. The Morgan fingerprint density at radius 2 is 1.54 bits per heavy atom. The molecule has 1 aliphatic rings. The zero-order chi connectivity index (χ0) is 19.2. The van der Waals surface area contributed by atoms with Crippen LogP contribution >= 0.6 is 0 Å². The number of aromatic nitrogens is 1. The molecule has 0 N–H and O–H groups in total. The highest BCUT2D eigenvalue weighted by Crippen LogP contribution is 2.17. The van der Waals surface area contributed by atoms with E-state index in [2.05, 4.69) is 9.88 Å². The molecule has 0 bridgehead atoms. The molecule has 4 rings (SSSR count). The van der Waals surface area contributed by atoms with E-state index in [1.54, 1.807) is 12.4 Å². The van der Waals surface area contributed by atoms with Gasteiger partial charge in [-0.15, -0.1) is 0 Å². The Hall–Kier alpha value is -3.34. The predicted molar refractivity (Wildman–Crippen MR) is 110 cm³/mol. The maximum Gasteiger partial charge on any atom is 0.253 e. The van der Waals surface area contributed by atoms with Gasteiger partial charge >= 0.3 is 0 Å². The molecular formula is C23H23N3O2. The molecule has 0 saturated carbocycles. The molecule has 142 valence electrons. The van der Waals surface area contributed by atoms with E-state index in [1.165, 1.54) is 0 Å². The Balaban J connectivity index is 1.31. The van der Waals surface area contributed by atoms with Gasteiger partial charge in [0.05, 0.1) is 0 Å². The van der Waals surface area contributed by atoms with Gasteiger partial charge in [0.15, 0.2) is 0 Å². The molecule has 0 unspecified atom stereocenters. The summed E-state index contributed by atoms with van der Waals surface area (Å²) < 4.78 is 5.76. The Morgan fingerprint density at radius 1 is 0.857 bits per heavy atom. The van der Waals surface area contributed by atoms with Crippen molar-refractivity contribution in [1.29, 1.82) is 0 Å². The van der Waals surface area contributed by atoms with Gasteiger partial charge in [0, 0.05) is 49.8 Å². The summed E-state index contributed by atoms with van der Waals surface area (Å²) in [7, 11) is 0. The first kappa shape index (κ1) is 18.0. The number of pyridine rings is 1. The molecule has 0 spiro atoms. The summed E-state index contributed by atoms with van der Waals surface area (Å²) in [4.78, 5) is 21.1. The van der Waals surface area contributed by atoms with Gasteiger partial charge in [-0.05, 0) is 42.0 Å². The van der Waals surface area contributed by atoms with Gasteiger partial charge in [0.1, 0.15) is 12.4 Å². The molecule has 2 heterocycles. The third-order valence-electron chi connectivity index (χ3n) is 4.94. The number of carbonyl (C=O) groups is 1. The number of anilines is 1. The van der Waals surface area contributed by atoms with Crippen LogP contribution in [-0.4, -0.2) is 42.0 Å². The Labute approximate surface area is 165 Å². The first-order valence-corrected chi connectivity index (χ1v) is 9.51. The third-order valence-corrected chi connectivity index (χ3v) is 4.94. The van der Waals surface area contributed by atoms with Crippen LogP contribution in [0.5, 0.6) is 5.75 Å². The van der Waals surface area contributed by atoms with E-state index in [9.17, 15) is 4.79 Å². The fourth-order valence-electron chi connectivity index (χ4n) is 3.33. The number of para-hydroxylation sites is 1. The Kier molecular flexibility index (Phi) is 5.52. The Morgan fingerprint density at radius 3 is 2.21 bits per heavy atom. The molecule has 1 aliphatic heterocycles. The maximum atomic E-state index is 12.8. The molecule has 1 aromatic heterocycles. The molecule has 0 atom stereocenters. The van der Waals surface area contributed by atoms with Crippen molar-refractivity contribution < 1.29 is 9.53 Å². The highest BCUT2D eigenvalue weighted by molar-refractivity contribution is 5.94. The molecule has 1 amide bonds. The number of piperazine rings is 1. The minimum atomic E-state index is 0.0879. The van der Waals surface area contributed by atoms with E-state index >= 15 is 0 Å². The van der Waals surface area contributed by atoms with Crippen molar-refractivity contribution >= 4 is 11.6 Å². The second-order valence-electron chi connectivity index (χ2n) is 6.78. The van der Waals surface area contributed by atoms with Crippen LogP contribution in [0.2, 0.25) is 0 Å². The monoisotopic (exact) mass is 373 g/mol. The predicted octanol–water partition coefficient (Wildman–Crippen LogP) is 3.62. The molecular weight excluding hydrogens is 350 g/mol. The SMILES string of the molecule is O=C(c1ccc(COc2ccccc2)cc1)N1CCN(c2ccncc2)CC1. The smallest absolute Gasteiger partial charge is 0.253 e. The fraction of sp³-hybridized carbons (Fsp3) is 0.217. The van der Waals surface area contributed by atoms with Gasteiger partial charge < -0.3 is 14.5 Å². The molecule has 1 saturated heterocycles. The lowest BCUT2D eigenvalue weighted by Gasteiger charge is -2.36. The number of ether oxygens (including phenoxy) is 1. The average Bonchev–Trinajstić information content (AvgIpc) is 2.79. The second kappa shape index (κ2) is 8.57. The van der Waals surface area contributed by atoms with E-state index in [4.69, 9.17) is 4.74 Å². The molecule has 5 heteroatoms. The van der Waals surface area contributed by atoms with E-state index in [1.807, 2.05) is 71.6 Å². The summed E-state index contributed by atoms with van der Waals surface area (Å²) in [5.74, 6) is 0.930.